The second-order valence-electron chi connectivity index (χ2n) is 6.48. The van der Waals surface area contributed by atoms with Gasteiger partial charge in [0.2, 0.25) is 0 Å². The summed E-state index contributed by atoms with van der Waals surface area (Å²) in [5, 5.41) is 3.03. The Hall–Kier alpha value is -3.12. The molecule has 0 atom stereocenters. The minimum atomic E-state index is -0.114. The first-order valence-electron chi connectivity index (χ1n) is 8.61. The molecule has 0 unspecified atom stereocenters. The number of amides is 1. The predicted molar refractivity (Wildman–Crippen MR) is 110 cm³/mol. The van der Waals surface area contributed by atoms with Crippen molar-refractivity contribution < 1.29 is 4.79 Å². The van der Waals surface area contributed by atoms with Gasteiger partial charge >= 0.3 is 0 Å². The highest BCUT2D eigenvalue weighted by atomic mass is 32.2. The van der Waals surface area contributed by atoms with E-state index in [-0.39, 0.29) is 5.91 Å². The topological polar surface area (TPSA) is 59.3 Å². The first kappa shape index (κ1) is 16.1. The summed E-state index contributed by atoms with van der Waals surface area (Å²) in [6, 6.07) is 13.6. The van der Waals surface area contributed by atoms with E-state index in [1.165, 1.54) is 0 Å². The van der Waals surface area contributed by atoms with Crippen LogP contribution in [0, 0.1) is 0 Å². The summed E-state index contributed by atoms with van der Waals surface area (Å²) in [4.78, 5) is 22.8. The molecule has 0 saturated heterocycles. The maximum absolute atomic E-state index is 13.0. The van der Waals surface area contributed by atoms with E-state index in [0.717, 1.165) is 44.6 Å². The van der Waals surface area contributed by atoms with Gasteiger partial charge in [0.25, 0.3) is 5.91 Å². The molecule has 0 bridgehead atoms. The van der Waals surface area contributed by atoms with Crippen LogP contribution in [0.1, 0.15) is 21.5 Å². The SMILES string of the molecule is Cn1cncc1-c1cccc(NC(=O)c2cccc3c2C=C2SCN=C23)c1. The lowest BCUT2D eigenvalue weighted by Crippen LogP contribution is -2.14. The number of imidazole rings is 1. The van der Waals surface area contributed by atoms with Gasteiger partial charge in [-0.2, -0.15) is 0 Å². The van der Waals surface area contributed by atoms with Crippen molar-refractivity contribution in [2.45, 2.75) is 0 Å². The number of nitrogens with one attached hydrogen (secondary N) is 1. The summed E-state index contributed by atoms with van der Waals surface area (Å²) < 4.78 is 1.95. The first-order valence-corrected chi connectivity index (χ1v) is 9.60. The molecule has 0 spiro atoms. The van der Waals surface area contributed by atoms with Crippen LogP contribution in [-0.4, -0.2) is 27.0 Å². The number of aromatic nitrogens is 2. The largest absolute Gasteiger partial charge is 0.334 e. The highest BCUT2D eigenvalue weighted by Crippen LogP contribution is 2.38. The molecule has 2 heterocycles. The zero-order valence-electron chi connectivity index (χ0n) is 14.6. The van der Waals surface area contributed by atoms with Crippen LogP contribution in [0.15, 0.2) is 64.9 Å². The van der Waals surface area contributed by atoms with Crippen molar-refractivity contribution >= 4 is 35.1 Å². The van der Waals surface area contributed by atoms with Gasteiger partial charge in [0.05, 0.1) is 29.8 Å². The molecule has 2 aromatic carbocycles. The van der Waals surface area contributed by atoms with Crippen molar-refractivity contribution in [1.82, 2.24) is 9.55 Å². The zero-order chi connectivity index (χ0) is 18.4. The van der Waals surface area contributed by atoms with Crippen molar-refractivity contribution in [3.8, 4) is 11.3 Å². The molecule has 3 aromatic rings. The third kappa shape index (κ3) is 2.69. The van der Waals surface area contributed by atoms with Crippen LogP contribution in [0.4, 0.5) is 5.69 Å². The lowest BCUT2D eigenvalue weighted by Gasteiger charge is -2.10. The average molecular weight is 372 g/mol. The average Bonchev–Trinajstić information content (AvgIpc) is 3.37. The number of aryl methyl sites for hydroxylation is 1. The second-order valence-corrected chi connectivity index (χ2v) is 7.47. The maximum Gasteiger partial charge on any atom is 0.256 e. The van der Waals surface area contributed by atoms with Crippen molar-refractivity contribution in [3.63, 3.8) is 0 Å². The highest BCUT2D eigenvalue weighted by Gasteiger charge is 2.27. The summed E-state index contributed by atoms with van der Waals surface area (Å²) in [5.41, 5.74) is 6.46. The third-order valence-electron chi connectivity index (χ3n) is 4.79. The molecular weight excluding hydrogens is 356 g/mol. The second kappa shape index (κ2) is 6.25. The van der Waals surface area contributed by atoms with Gasteiger partial charge in [-0.05, 0) is 29.8 Å². The van der Waals surface area contributed by atoms with Crippen LogP contribution in [0.5, 0.6) is 0 Å². The van der Waals surface area contributed by atoms with E-state index in [0.29, 0.717) is 5.56 Å². The Labute approximate surface area is 160 Å². The Morgan fingerprint density at radius 3 is 2.96 bits per heavy atom. The van der Waals surface area contributed by atoms with Crippen molar-refractivity contribution in [3.05, 3.63) is 76.6 Å². The molecule has 132 valence electrons. The minimum absolute atomic E-state index is 0.114. The van der Waals surface area contributed by atoms with Gasteiger partial charge < -0.3 is 9.88 Å². The number of fused-ring (bicyclic) bond motifs is 3. The molecule has 0 radical (unpaired) electrons. The Morgan fingerprint density at radius 2 is 2.11 bits per heavy atom. The molecule has 2 aliphatic rings. The summed E-state index contributed by atoms with van der Waals surface area (Å²) in [7, 11) is 1.95. The maximum atomic E-state index is 13.0. The molecule has 5 rings (SSSR count). The fourth-order valence-corrected chi connectivity index (χ4v) is 4.33. The summed E-state index contributed by atoms with van der Waals surface area (Å²) in [6.07, 6.45) is 5.65. The number of carbonyl (C=O) groups is 1. The van der Waals surface area contributed by atoms with Gasteiger partial charge in [-0.25, -0.2) is 4.98 Å². The van der Waals surface area contributed by atoms with Crippen LogP contribution in [-0.2, 0) is 7.05 Å². The van der Waals surface area contributed by atoms with Gasteiger partial charge in [-0.1, -0.05) is 24.3 Å². The van der Waals surface area contributed by atoms with E-state index in [4.69, 9.17) is 0 Å². The highest BCUT2D eigenvalue weighted by molar-refractivity contribution is 8.04. The molecule has 27 heavy (non-hydrogen) atoms. The summed E-state index contributed by atoms with van der Waals surface area (Å²) in [6.45, 7) is 0. The van der Waals surface area contributed by atoms with E-state index < -0.39 is 0 Å². The molecule has 5 nitrogen and oxygen atoms in total. The molecule has 0 fully saturated rings. The van der Waals surface area contributed by atoms with Crippen LogP contribution in [0.2, 0.25) is 0 Å². The van der Waals surface area contributed by atoms with E-state index in [2.05, 4.69) is 21.4 Å². The Bertz CT molecular complexity index is 1140. The number of aliphatic imine (C=N–C) groups is 1. The summed E-state index contributed by atoms with van der Waals surface area (Å²) in [5.74, 6) is 0.647. The third-order valence-corrected chi connectivity index (χ3v) is 5.67. The molecule has 1 aromatic heterocycles. The molecule has 1 aliphatic heterocycles. The fourth-order valence-electron chi connectivity index (χ4n) is 3.49. The van der Waals surface area contributed by atoms with Crippen molar-refractivity contribution in [2.24, 2.45) is 12.0 Å². The number of hydrogen-bond acceptors (Lipinski definition) is 4. The van der Waals surface area contributed by atoms with Crippen LogP contribution in [0.3, 0.4) is 0 Å². The monoisotopic (exact) mass is 372 g/mol. The number of nitrogens with zero attached hydrogens (tertiary/aromatic N) is 3. The quantitative estimate of drug-likeness (QED) is 0.750. The van der Waals surface area contributed by atoms with Gasteiger partial charge in [-0.3, -0.25) is 9.79 Å². The van der Waals surface area contributed by atoms with E-state index in [1.807, 2.05) is 60.3 Å². The number of rotatable bonds is 3. The Morgan fingerprint density at radius 1 is 1.22 bits per heavy atom. The molecular formula is C21H16N4OS. The zero-order valence-corrected chi connectivity index (χ0v) is 15.5. The fraction of sp³-hybridized carbons (Fsp3) is 0.0952. The number of thioether (sulfide) groups is 1. The van der Waals surface area contributed by atoms with Crippen LogP contribution in [0.25, 0.3) is 17.3 Å². The smallest absolute Gasteiger partial charge is 0.256 e. The lowest BCUT2D eigenvalue weighted by molar-refractivity contribution is 0.102. The standard InChI is InChI=1S/C21H16N4OS/c1-25-11-22-10-18(25)13-4-2-5-14(8-13)24-21(26)16-7-3-6-15-17(16)9-19-20(15)23-12-27-19/h2-11H,12H2,1H3,(H,24,26). The summed E-state index contributed by atoms with van der Waals surface area (Å²) >= 11 is 1.71. The molecule has 1 N–H and O–H groups in total. The van der Waals surface area contributed by atoms with Gasteiger partial charge in [0.1, 0.15) is 0 Å². The minimum Gasteiger partial charge on any atom is -0.334 e. The molecule has 1 amide bonds. The van der Waals surface area contributed by atoms with Crippen molar-refractivity contribution in [1.29, 1.82) is 0 Å². The predicted octanol–water partition coefficient (Wildman–Crippen LogP) is 4.19. The Kier molecular flexibility index (Phi) is 3.72. The molecule has 6 heteroatoms. The number of benzene rings is 2. The van der Waals surface area contributed by atoms with E-state index in [1.54, 1.807) is 18.1 Å². The number of carbonyl (C=O) groups excluding carboxylic acids is 1. The van der Waals surface area contributed by atoms with Crippen LogP contribution >= 0.6 is 11.8 Å². The van der Waals surface area contributed by atoms with Crippen LogP contribution < -0.4 is 5.32 Å². The number of allylic oxidation sites excluding steroid dienone is 1. The number of anilines is 1. The first-order chi connectivity index (χ1) is 13.2. The van der Waals surface area contributed by atoms with E-state index >= 15 is 0 Å². The normalized spacial score (nSPS) is 14.4. The van der Waals surface area contributed by atoms with Crippen molar-refractivity contribution in [2.75, 3.05) is 11.2 Å². The van der Waals surface area contributed by atoms with Gasteiger partial charge in [0.15, 0.2) is 0 Å². The Balaban J connectivity index is 1.46. The molecule has 1 aliphatic carbocycles. The van der Waals surface area contributed by atoms with E-state index in [9.17, 15) is 4.79 Å². The molecule has 0 saturated carbocycles. The van der Waals surface area contributed by atoms with Gasteiger partial charge in [-0.15, -0.1) is 11.8 Å². The van der Waals surface area contributed by atoms with Gasteiger partial charge in [0, 0.05) is 34.3 Å². The lowest BCUT2D eigenvalue weighted by atomic mass is 10.0. The number of hydrogen-bond donors (Lipinski definition) is 1.